The molecular weight excluding hydrogens is 126 g/mol. The van der Waals surface area contributed by atoms with Gasteiger partial charge in [-0.3, -0.25) is 0 Å². The van der Waals surface area contributed by atoms with Crippen molar-refractivity contribution in [3.8, 4) is 0 Å². The third-order valence-electron chi connectivity index (χ3n) is 1.96. The normalized spacial score (nSPS) is 21.0. The summed E-state index contributed by atoms with van der Waals surface area (Å²) in [6.45, 7) is 7.13. The van der Waals surface area contributed by atoms with Crippen LogP contribution in [0.2, 0.25) is 0 Å². The smallest absolute Gasteiger partial charge is 0.0808 e. The molecule has 0 bridgehead atoms. The zero-order valence-corrected chi connectivity index (χ0v) is 6.94. The van der Waals surface area contributed by atoms with Gasteiger partial charge in [0.15, 0.2) is 0 Å². The van der Waals surface area contributed by atoms with Crippen molar-refractivity contribution in [3.05, 3.63) is 0 Å². The Kier molecular flexibility index (Phi) is 2.69. The van der Waals surface area contributed by atoms with Gasteiger partial charge < -0.3 is 10.1 Å². The van der Waals surface area contributed by atoms with Crippen molar-refractivity contribution in [2.24, 2.45) is 0 Å². The molecule has 0 aromatic rings. The fourth-order valence-electron chi connectivity index (χ4n) is 1.17. The van der Waals surface area contributed by atoms with Gasteiger partial charge in [0.2, 0.25) is 0 Å². The first-order valence-electron chi connectivity index (χ1n) is 4.17. The van der Waals surface area contributed by atoms with Gasteiger partial charge in [0.1, 0.15) is 0 Å². The lowest BCUT2D eigenvalue weighted by Gasteiger charge is -2.14. The predicted octanol–water partition coefficient (Wildman–Crippen LogP) is 1.16. The van der Waals surface area contributed by atoms with E-state index in [0.29, 0.717) is 0 Å². The first-order valence-corrected chi connectivity index (χ1v) is 4.17. The summed E-state index contributed by atoms with van der Waals surface area (Å²) in [6, 6.07) is 0. The molecule has 1 aliphatic carbocycles. The van der Waals surface area contributed by atoms with E-state index in [1.54, 1.807) is 0 Å². The SMILES string of the molecule is CCNCC1(OCC)CC1. The molecule has 0 radical (unpaired) electrons. The van der Waals surface area contributed by atoms with Gasteiger partial charge in [-0.05, 0) is 26.3 Å². The summed E-state index contributed by atoms with van der Waals surface area (Å²) in [7, 11) is 0. The molecule has 0 spiro atoms. The van der Waals surface area contributed by atoms with Crippen molar-refractivity contribution in [1.82, 2.24) is 5.32 Å². The molecule has 0 aliphatic heterocycles. The fraction of sp³-hybridized carbons (Fsp3) is 1.00. The highest BCUT2D eigenvalue weighted by Crippen LogP contribution is 2.38. The molecule has 1 aliphatic rings. The second-order valence-electron chi connectivity index (χ2n) is 2.90. The molecule has 60 valence electrons. The molecule has 2 heteroatoms. The number of hydrogen-bond donors (Lipinski definition) is 1. The van der Waals surface area contributed by atoms with Crippen LogP contribution in [0.15, 0.2) is 0 Å². The Balaban J connectivity index is 2.11. The summed E-state index contributed by atoms with van der Waals surface area (Å²) in [4.78, 5) is 0. The second kappa shape index (κ2) is 3.35. The van der Waals surface area contributed by atoms with E-state index in [1.165, 1.54) is 12.8 Å². The van der Waals surface area contributed by atoms with Crippen LogP contribution < -0.4 is 5.32 Å². The quantitative estimate of drug-likeness (QED) is 0.623. The number of nitrogens with one attached hydrogen (secondary N) is 1. The van der Waals surface area contributed by atoms with E-state index in [4.69, 9.17) is 4.74 Å². The summed E-state index contributed by atoms with van der Waals surface area (Å²) >= 11 is 0. The Morgan fingerprint density at radius 1 is 1.40 bits per heavy atom. The molecule has 1 saturated carbocycles. The third kappa shape index (κ3) is 1.96. The molecule has 0 unspecified atom stereocenters. The fourth-order valence-corrected chi connectivity index (χ4v) is 1.17. The van der Waals surface area contributed by atoms with Crippen LogP contribution in [-0.4, -0.2) is 25.3 Å². The van der Waals surface area contributed by atoms with Gasteiger partial charge in [-0.15, -0.1) is 0 Å². The Hall–Kier alpha value is -0.0800. The molecular formula is C8H17NO. The Morgan fingerprint density at radius 3 is 2.50 bits per heavy atom. The van der Waals surface area contributed by atoms with E-state index in [0.717, 1.165) is 19.7 Å². The highest BCUT2D eigenvalue weighted by atomic mass is 16.5. The van der Waals surface area contributed by atoms with Crippen molar-refractivity contribution in [2.45, 2.75) is 32.3 Å². The Morgan fingerprint density at radius 2 is 2.10 bits per heavy atom. The maximum absolute atomic E-state index is 5.58. The van der Waals surface area contributed by atoms with Crippen LogP contribution >= 0.6 is 0 Å². The maximum atomic E-state index is 5.58. The van der Waals surface area contributed by atoms with E-state index in [1.807, 2.05) is 0 Å². The number of ether oxygens (including phenoxy) is 1. The van der Waals surface area contributed by atoms with Gasteiger partial charge in [-0.25, -0.2) is 0 Å². The van der Waals surface area contributed by atoms with E-state index in [2.05, 4.69) is 19.2 Å². The molecule has 2 nitrogen and oxygen atoms in total. The molecule has 0 saturated heterocycles. The third-order valence-corrected chi connectivity index (χ3v) is 1.96. The predicted molar refractivity (Wildman–Crippen MR) is 42.1 cm³/mol. The first kappa shape index (κ1) is 8.02. The lowest BCUT2D eigenvalue weighted by atomic mass is 10.3. The van der Waals surface area contributed by atoms with Crippen molar-refractivity contribution < 1.29 is 4.74 Å². The monoisotopic (exact) mass is 143 g/mol. The Labute approximate surface area is 63.0 Å². The minimum Gasteiger partial charge on any atom is -0.374 e. The average molecular weight is 143 g/mol. The molecule has 10 heavy (non-hydrogen) atoms. The molecule has 1 N–H and O–H groups in total. The second-order valence-corrected chi connectivity index (χ2v) is 2.90. The van der Waals surface area contributed by atoms with Crippen molar-refractivity contribution >= 4 is 0 Å². The summed E-state index contributed by atoms with van der Waals surface area (Å²) in [5, 5.41) is 3.31. The van der Waals surface area contributed by atoms with E-state index < -0.39 is 0 Å². The molecule has 1 fully saturated rings. The van der Waals surface area contributed by atoms with Gasteiger partial charge in [-0.2, -0.15) is 0 Å². The average Bonchev–Trinajstić information content (AvgIpc) is 2.67. The van der Waals surface area contributed by atoms with Crippen LogP contribution in [0.1, 0.15) is 26.7 Å². The summed E-state index contributed by atoms with van der Waals surface area (Å²) in [6.07, 6.45) is 2.49. The van der Waals surface area contributed by atoms with Crippen LogP contribution in [0.4, 0.5) is 0 Å². The molecule has 0 aromatic heterocycles. The van der Waals surface area contributed by atoms with Crippen LogP contribution in [0.3, 0.4) is 0 Å². The molecule has 0 amide bonds. The minimum absolute atomic E-state index is 0.241. The minimum atomic E-state index is 0.241. The molecule has 0 atom stereocenters. The van der Waals surface area contributed by atoms with Crippen LogP contribution in [0.5, 0.6) is 0 Å². The van der Waals surface area contributed by atoms with Crippen LogP contribution in [-0.2, 0) is 4.74 Å². The zero-order chi connectivity index (χ0) is 7.45. The largest absolute Gasteiger partial charge is 0.374 e. The van der Waals surface area contributed by atoms with Crippen LogP contribution in [0.25, 0.3) is 0 Å². The van der Waals surface area contributed by atoms with E-state index >= 15 is 0 Å². The van der Waals surface area contributed by atoms with E-state index in [-0.39, 0.29) is 5.60 Å². The summed E-state index contributed by atoms with van der Waals surface area (Å²) in [5.41, 5.74) is 0.241. The number of rotatable bonds is 5. The molecule has 0 aromatic carbocycles. The molecule has 0 heterocycles. The topological polar surface area (TPSA) is 21.3 Å². The van der Waals surface area contributed by atoms with Gasteiger partial charge in [0.05, 0.1) is 5.60 Å². The summed E-state index contributed by atoms with van der Waals surface area (Å²) in [5.74, 6) is 0. The highest BCUT2D eigenvalue weighted by molar-refractivity contribution is 4.97. The van der Waals surface area contributed by atoms with Gasteiger partial charge in [0.25, 0.3) is 0 Å². The van der Waals surface area contributed by atoms with Crippen LogP contribution in [0, 0.1) is 0 Å². The van der Waals surface area contributed by atoms with Gasteiger partial charge in [0, 0.05) is 13.2 Å². The lowest BCUT2D eigenvalue weighted by Crippen LogP contribution is -2.30. The Bertz CT molecular complexity index is 99.4. The summed E-state index contributed by atoms with van der Waals surface area (Å²) < 4.78 is 5.58. The van der Waals surface area contributed by atoms with Crippen molar-refractivity contribution in [1.29, 1.82) is 0 Å². The first-order chi connectivity index (χ1) is 4.83. The van der Waals surface area contributed by atoms with Crippen molar-refractivity contribution in [2.75, 3.05) is 19.7 Å². The van der Waals surface area contributed by atoms with Crippen molar-refractivity contribution in [3.63, 3.8) is 0 Å². The van der Waals surface area contributed by atoms with Gasteiger partial charge in [-0.1, -0.05) is 6.92 Å². The van der Waals surface area contributed by atoms with E-state index in [9.17, 15) is 0 Å². The maximum Gasteiger partial charge on any atom is 0.0808 e. The highest BCUT2D eigenvalue weighted by Gasteiger charge is 2.42. The standard InChI is InChI=1S/C8H17NO/c1-3-9-7-8(5-6-8)10-4-2/h9H,3-7H2,1-2H3. The number of likely N-dealkylation sites (N-methyl/N-ethyl adjacent to an activating group) is 1. The zero-order valence-electron chi connectivity index (χ0n) is 6.94. The van der Waals surface area contributed by atoms with Gasteiger partial charge >= 0.3 is 0 Å². The number of hydrogen-bond acceptors (Lipinski definition) is 2. The lowest BCUT2D eigenvalue weighted by molar-refractivity contribution is 0.0426. The molecule has 1 rings (SSSR count).